The third-order valence-corrected chi connectivity index (χ3v) is 5.23. The standard InChI is InChI=1S/C22H29N7O3/c1-6-29-19(14-7-8-16(31-5)23-11-14)27-17-18(24-13-25-20(17)29)26-15-9-10-28(12-15)21(30)32-22(2,3)4/h7-8,11,13,15H,6,9-10,12H2,1-5H3,(H,24,25,26). The highest BCUT2D eigenvalue weighted by molar-refractivity contribution is 5.86. The van der Waals surface area contributed by atoms with E-state index in [-0.39, 0.29) is 12.1 Å². The first-order valence-electron chi connectivity index (χ1n) is 10.7. The lowest BCUT2D eigenvalue weighted by Crippen LogP contribution is -2.36. The molecule has 3 aromatic rings. The van der Waals surface area contributed by atoms with Crippen LogP contribution in [0.1, 0.15) is 34.1 Å². The summed E-state index contributed by atoms with van der Waals surface area (Å²) in [5, 5.41) is 3.45. The maximum absolute atomic E-state index is 12.4. The van der Waals surface area contributed by atoms with E-state index in [4.69, 9.17) is 14.5 Å². The van der Waals surface area contributed by atoms with Crippen molar-refractivity contribution in [2.75, 3.05) is 25.5 Å². The van der Waals surface area contributed by atoms with Gasteiger partial charge in [-0.25, -0.2) is 24.7 Å². The summed E-state index contributed by atoms with van der Waals surface area (Å²) in [6.45, 7) is 9.53. The molecule has 0 bridgehead atoms. The number of imidazole rings is 1. The minimum absolute atomic E-state index is 0.0542. The first-order chi connectivity index (χ1) is 15.3. The van der Waals surface area contributed by atoms with Crippen molar-refractivity contribution in [3.05, 3.63) is 24.7 Å². The lowest BCUT2D eigenvalue weighted by molar-refractivity contribution is 0.0293. The molecule has 0 aliphatic carbocycles. The fraction of sp³-hybridized carbons (Fsp3) is 0.500. The van der Waals surface area contributed by atoms with Crippen molar-refractivity contribution in [1.82, 2.24) is 29.4 Å². The topological polar surface area (TPSA) is 107 Å². The molecule has 4 rings (SSSR count). The van der Waals surface area contributed by atoms with Gasteiger partial charge in [0.2, 0.25) is 5.88 Å². The molecule has 1 aliphatic heterocycles. The number of aromatic nitrogens is 5. The fourth-order valence-corrected chi connectivity index (χ4v) is 3.76. The van der Waals surface area contributed by atoms with Crippen molar-refractivity contribution in [2.45, 2.75) is 52.3 Å². The van der Waals surface area contributed by atoms with E-state index in [0.717, 1.165) is 23.5 Å². The van der Waals surface area contributed by atoms with E-state index in [0.29, 0.717) is 36.8 Å². The average Bonchev–Trinajstić information content (AvgIpc) is 3.38. The molecule has 1 amide bonds. The summed E-state index contributed by atoms with van der Waals surface area (Å²) in [4.78, 5) is 32.2. The Bertz CT molecular complexity index is 1110. The summed E-state index contributed by atoms with van der Waals surface area (Å²) in [5.41, 5.74) is 1.79. The molecule has 10 nitrogen and oxygen atoms in total. The Morgan fingerprint density at radius 1 is 1.25 bits per heavy atom. The molecule has 32 heavy (non-hydrogen) atoms. The molecule has 170 valence electrons. The van der Waals surface area contributed by atoms with Crippen LogP contribution in [0.5, 0.6) is 5.88 Å². The first-order valence-corrected chi connectivity index (χ1v) is 10.7. The Morgan fingerprint density at radius 3 is 2.72 bits per heavy atom. The number of carbonyl (C=O) groups is 1. The molecule has 1 aliphatic rings. The van der Waals surface area contributed by atoms with Gasteiger partial charge in [-0.3, -0.25) is 0 Å². The van der Waals surface area contributed by atoms with E-state index in [1.54, 1.807) is 18.2 Å². The van der Waals surface area contributed by atoms with Crippen LogP contribution in [0.25, 0.3) is 22.6 Å². The van der Waals surface area contributed by atoms with Gasteiger partial charge in [0.15, 0.2) is 17.0 Å². The fourth-order valence-electron chi connectivity index (χ4n) is 3.76. The minimum atomic E-state index is -0.513. The van der Waals surface area contributed by atoms with E-state index in [1.165, 1.54) is 6.33 Å². The van der Waals surface area contributed by atoms with Crippen LogP contribution in [0, 0.1) is 0 Å². The Kier molecular flexibility index (Phi) is 5.86. The average molecular weight is 440 g/mol. The minimum Gasteiger partial charge on any atom is -0.481 e. The normalized spacial score (nSPS) is 16.4. The molecule has 1 fully saturated rings. The predicted molar refractivity (Wildman–Crippen MR) is 121 cm³/mol. The molecule has 1 saturated heterocycles. The maximum atomic E-state index is 12.4. The van der Waals surface area contributed by atoms with Gasteiger partial charge in [0, 0.05) is 43.5 Å². The number of carbonyl (C=O) groups excluding carboxylic acids is 1. The van der Waals surface area contributed by atoms with E-state index >= 15 is 0 Å². The smallest absolute Gasteiger partial charge is 0.410 e. The Balaban J connectivity index is 1.58. The number of nitrogens with one attached hydrogen (secondary N) is 1. The quantitative estimate of drug-likeness (QED) is 0.645. The summed E-state index contributed by atoms with van der Waals surface area (Å²) in [6, 6.07) is 3.79. The van der Waals surface area contributed by atoms with Crippen LogP contribution in [0.15, 0.2) is 24.7 Å². The number of methoxy groups -OCH3 is 1. The zero-order valence-electron chi connectivity index (χ0n) is 19.1. The van der Waals surface area contributed by atoms with Gasteiger partial charge >= 0.3 is 6.09 Å². The lowest BCUT2D eigenvalue weighted by atomic mass is 10.2. The van der Waals surface area contributed by atoms with Gasteiger partial charge in [-0.05, 0) is 40.2 Å². The number of hydrogen-bond acceptors (Lipinski definition) is 8. The monoisotopic (exact) mass is 439 g/mol. The number of ether oxygens (including phenoxy) is 2. The van der Waals surface area contributed by atoms with Gasteiger partial charge in [0.1, 0.15) is 17.8 Å². The predicted octanol–water partition coefficient (Wildman–Crippen LogP) is 3.34. The molecule has 0 saturated carbocycles. The van der Waals surface area contributed by atoms with Crippen molar-refractivity contribution in [3.8, 4) is 17.3 Å². The zero-order valence-corrected chi connectivity index (χ0v) is 19.1. The number of nitrogens with zero attached hydrogens (tertiary/aromatic N) is 6. The molecule has 10 heteroatoms. The molecule has 1 N–H and O–H groups in total. The van der Waals surface area contributed by atoms with E-state index < -0.39 is 5.60 Å². The highest BCUT2D eigenvalue weighted by Crippen LogP contribution is 2.28. The molecule has 1 unspecified atom stereocenters. The Morgan fingerprint density at radius 2 is 2.06 bits per heavy atom. The summed E-state index contributed by atoms with van der Waals surface area (Å²) in [5.74, 6) is 1.97. The number of hydrogen-bond donors (Lipinski definition) is 1. The maximum Gasteiger partial charge on any atom is 0.410 e. The van der Waals surface area contributed by atoms with Crippen LogP contribution in [0.3, 0.4) is 0 Å². The highest BCUT2D eigenvalue weighted by Gasteiger charge is 2.30. The number of amides is 1. The molecular formula is C22H29N7O3. The van der Waals surface area contributed by atoms with Gasteiger partial charge in [0.05, 0.1) is 7.11 Å². The molecular weight excluding hydrogens is 410 g/mol. The van der Waals surface area contributed by atoms with E-state index in [9.17, 15) is 4.79 Å². The second-order valence-electron chi connectivity index (χ2n) is 8.72. The number of aryl methyl sites for hydroxylation is 1. The number of fused-ring (bicyclic) bond motifs is 1. The summed E-state index contributed by atoms with van der Waals surface area (Å²) in [7, 11) is 1.59. The van der Waals surface area contributed by atoms with Crippen molar-refractivity contribution in [1.29, 1.82) is 0 Å². The zero-order chi connectivity index (χ0) is 22.9. The van der Waals surface area contributed by atoms with Crippen molar-refractivity contribution >= 4 is 23.1 Å². The second-order valence-corrected chi connectivity index (χ2v) is 8.72. The number of rotatable bonds is 5. The molecule has 1 atom stereocenters. The van der Waals surface area contributed by atoms with Crippen LogP contribution in [0.2, 0.25) is 0 Å². The largest absolute Gasteiger partial charge is 0.481 e. The summed E-state index contributed by atoms with van der Waals surface area (Å²) >= 11 is 0. The molecule has 0 radical (unpaired) electrons. The Hall–Kier alpha value is -3.43. The van der Waals surface area contributed by atoms with Crippen LogP contribution in [0.4, 0.5) is 10.6 Å². The van der Waals surface area contributed by atoms with Crippen LogP contribution >= 0.6 is 0 Å². The molecule has 3 aromatic heterocycles. The summed E-state index contributed by atoms with van der Waals surface area (Å²) < 4.78 is 12.7. The van der Waals surface area contributed by atoms with Gasteiger partial charge in [-0.15, -0.1) is 0 Å². The van der Waals surface area contributed by atoms with Gasteiger partial charge < -0.3 is 24.3 Å². The van der Waals surface area contributed by atoms with Crippen molar-refractivity contribution in [3.63, 3.8) is 0 Å². The molecule has 0 spiro atoms. The van der Waals surface area contributed by atoms with Crippen LogP contribution in [-0.2, 0) is 11.3 Å². The van der Waals surface area contributed by atoms with Crippen molar-refractivity contribution in [2.24, 2.45) is 0 Å². The number of likely N-dealkylation sites (tertiary alicyclic amines) is 1. The third-order valence-electron chi connectivity index (χ3n) is 5.23. The van der Waals surface area contributed by atoms with Gasteiger partial charge in [-0.2, -0.15) is 0 Å². The highest BCUT2D eigenvalue weighted by atomic mass is 16.6. The number of anilines is 1. The van der Waals surface area contributed by atoms with Gasteiger partial charge in [-0.1, -0.05) is 0 Å². The van der Waals surface area contributed by atoms with Gasteiger partial charge in [0.25, 0.3) is 0 Å². The molecule has 4 heterocycles. The van der Waals surface area contributed by atoms with Crippen LogP contribution in [-0.4, -0.2) is 67.3 Å². The first kappa shape index (κ1) is 21.8. The SMILES string of the molecule is CCn1c(-c2ccc(OC)nc2)nc2c(NC3CCN(C(=O)OC(C)(C)C)C3)ncnc21. The second kappa shape index (κ2) is 8.60. The molecule has 0 aromatic carbocycles. The van der Waals surface area contributed by atoms with E-state index in [1.807, 2.05) is 44.4 Å². The summed E-state index contributed by atoms with van der Waals surface area (Å²) in [6.07, 6.45) is 3.78. The van der Waals surface area contributed by atoms with Crippen LogP contribution < -0.4 is 10.1 Å². The lowest BCUT2D eigenvalue weighted by Gasteiger charge is -2.24. The number of pyridine rings is 1. The van der Waals surface area contributed by atoms with E-state index in [2.05, 4.69) is 20.3 Å². The Labute approximate surface area is 187 Å². The van der Waals surface area contributed by atoms with Crippen molar-refractivity contribution < 1.29 is 14.3 Å². The third kappa shape index (κ3) is 4.44.